The third-order valence-electron chi connectivity index (χ3n) is 1.38. The Labute approximate surface area is 70.1 Å². The molecular weight excluding hydrogens is 158 g/mol. The smallest absolute Gasteiger partial charge is 0.250 e. The minimum absolute atomic E-state index is 0.0601. The van der Waals surface area contributed by atoms with Gasteiger partial charge in [-0.05, 0) is 6.92 Å². The molecule has 1 aromatic heterocycles. The third-order valence-corrected chi connectivity index (χ3v) is 1.38. The molecule has 1 amide bonds. The van der Waals surface area contributed by atoms with E-state index in [-0.39, 0.29) is 12.5 Å². The van der Waals surface area contributed by atoms with Crippen LogP contribution in [0.15, 0.2) is 6.20 Å². The number of amides is 1. The van der Waals surface area contributed by atoms with Gasteiger partial charge in [0.25, 0.3) is 0 Å². The molecule has 66 valence electrons. The first kappa shape index (κ1) is 8.73. The second-order valence-electron chi connectivity index (χ2n) is 2.39. The van der Waals surface area contributed by atoms with Crippen LogP contribution in [0.5, 0.6) is 0 Å². The van der Waals surface area contributed by atoms with Gasteiger partial charge < -0.3 is 10.1 Å². The van der Waals surface area contributed by atoms with Gasteiger partial charge >= 0.3 is 0 Å². The molecule has 1 heterocycles. The van der Waals surface area contributed by atoms with E-state index in [0.29, 0.717) is 5.69 Å². The number of H-pyrrole nitrogens is 1. The van der Waals surface area contributed by atoms with Crippen molar-refractivity contribution in [2.24, 2.45) is 0 Å². The molecule has 0 atom stereocenters. The zero-order valence-electron chi connectivity index (χ0n) is 7.05. The molecule has 1 rings (SSSR count). The van der Waals surface area contributed by atoms with Crippen molar-refractivity contribution in [3.63, 3.8) is 0 Å². The predicted molar refractivity (Wildman–Crippen MR) is 43.8 cm³/mol. The maximum Gasteiger partial charge on any atom is 0.250 e. The fourth-order valence-corrected chi connectivity index (χ4v) is 0.794. The minimum atomic E-state index is -0.179. The summed E-state index contributed by atoms with van der Waals surface area (Å²) in [5.74, 6) is -0.179. The number of aromatic amines is 1. The number of ether oxygens (including phenoxy) is 1. The quantitative estimate of drug-likeness (QED) is 0.684. The van der Waals surface area contributed by atoms with Crippen LogP contribution in [0.2, 0.25) is 0 Å². The van der Waals surface area contributed by atoms with E-state index in [4.69, 9.17) is 0 Å². The van der Waals surface area contributed by atoms with Crippen LogP contribution in [-0.2, 0) is 9.53 Å². The van der Waals surface area contributed by atoms with Crippen LogP contribution >= 0.6 is 0 Å². The Morgan fingerprint density at radius 3 is 3.08 bits per heavy atom. The molecule has 2 N–H and O–H groups in total. The summed E-state index contributed by atoms with van der Waals surface area (Å²) in [7, 11) is 1.47. The fourth-order valence-electron chi connectivity index (χ4n) is 0.794. The molecule has 0 aliphatic rings. The Kier molecular flexibility index (Phi) is 2.82. The summed E-state index contributed by atoms with van der Waals surface area (Å²) >= 11 is 0. The zero-order chi connectivity index (χ0) is 8.97. The molecule has 12 heavy (non-hydrogen) atoms. The van der Waals surface area contributed by atoms with Crippen molar-refractivity contribution in [2.75, 3.05) is 19.0 Å². The summed E-state index contributed by atoms with van der Waals surface area (Å²) in [6, 6.07) is 0. The molecule has 0 spiro atoms. The molecule has 0 unspecified atom stereocenters. The number of hydrogen-bond donors (Lipinski definition) is 2. The molecule has 0 fully saturated rings. The highest BCUT2D eigenvalue weighted by atomic mass is 16.5. The van der Waals surface area contributed by atoms with Crippen LogP contribution in [0.4, 0.5) is 5.69 Å². The number of aryl methyl sites for hydroxylation is 1. The largest absolute Gasteiger partial charge is 0.375 e. The lowest BCUT2D eigenvalue weighted by Crippen LogP contribution is -2.17. The average molecular weight is 169 g/mol. The van der Waals surface area contributed by atoms with Gasteiger partial charge in [-0.25, -0.2) is 0 Å². The lowest BCUT2D eigenvalue weighted by atomic mass is 10.4. The van der Waals surface area contributed by atoms with Crippen LogP contribution in [0.1, 0.15) is 5.69 Å². The maximum absolute atomic E-state index is 11.0. The molecule has 0 saturated heterocycles. The number of anilines is 1. The Balaban J connectivity index is 2.52. The normalized spacial score (nSPS) is 9.83. The van der Waals surface area contributed by atoms with Crippen LogP contribution in [0.3, 0.4) is 0 Å². The van der Waals surface area contributed by atoms with Crippen molar-refractivity contribution in [3.05, 3.63) is 11.9 Å². The van der Waals surface area contributed by atoms with E-state index < -0.39 is 0 Å². The fraction of sp³-hybridized carbons (Fsp3) is 0.429. The molecular formula is C7H11N3O2. The van der Waals surface area contributed by atoms with Gasteiger partial charge in [0.05, 0.1) is 17.6 Å². The lowest BCUT2D eigenvalue weighted by Gasteiger charge is -2.01. The molecule has 0 bridgehead atoms. The van der Waals surface area contributed by atoms with E-state index in [1.807, 2.05) is 6.92 Å². The Morgan fingerprint density at radius 1 is 1.83 bits per heavy atom. The highest BCUT2D eigenvalue weighted by Crippen LogP contribution is 2.08. The molecule has 5 heteroatoms. The van der Waals surface area contributed by atoms with Crippen molar-refractivity contribution in [3.8, 4) is 0 Å². The van der Waals surface area contributed by atoms with E-state index in [1.165, 1.54) is 7.11 Å². The topological polar surface area (TPSA) is 67.0 Å². The standard InChI is InChI=1S/C7H11N3O2/c1-5-6(3-8-10-5)9-7(11)4-12-2/h3H,4H2,1-2H3,(H,8,10)(H,9,11). The van der Waals surface area contributed by atoms with Crippen molar-refractivity contribution in [1.29, 1.82) is 0 Å². The van der Waals surface area contributed by atoms with E-state index >= 15 is 0 Å². The average Bonchev–Trinajstić information content (AvgIpc) is 2.37. The molecule has 1 aromatic rings. The highest BCUT2D eigenvalue weighted by Gasteiger charge is 2.04. The van der Waals surface area contributed by atoms with E-state index in [0.717, 1.165) is 5.69 Å². The summed E-state index contributed by atoms with van der Waals surface area (Å²) in [6.07, 6.45) is 1.56. The van der Waals surface area contributed by atoms with Crippen LogP contribution in [0, 0.1) is 6.92 Å². The Hall–Kier alpha value is -1.36. The molecule has 0 aliphatic carbocycles. The first-order chi connectivity index (χ1) is 5.74. The number of carbonyl (C=O) groups is 1. The van der Waals surface area contributed by atoms with Crippen LogP contribution in [0.25, 0.3) is 0 Å². The van der Waals surface area contributed by atoms with Gasteiger partial charge in [0.1, 0.15) is 6.61 Å². The summed E-state index contributed by atoms with van der Waals surface area (Å²) in [5, 5.41) is 9.10. The van der Waals surface area contributed by atoms with Crippen molar-refractivity contribution in [2.45, 2.75) is 6.92 Å². The summed E-state index contributed by atoms with van der Waals surface area (Å²) in [4.78, 5) is 11.0. The summed E-state index contributed by atoms with van der Waals surface area (Å²) in [6.45, 7) is 1.89. The van der Waals surface area contributed by atoms with E-state index in [9.17, 15) is 4.79 Å². The highest BCUT2D eigenvalue weighted by molar-refractivity contribution is 5.91. The van der Waals surface area contributed by atoms with Gasteiger partial charge in [-0.2, -0.15) is 5.10 Å². The van der Waals surface area contributed by atoms with Gasteiger partial charge in [0, 0.05) is 7.11 Å². The third kappa shape index (κ3) is 2.06. The first-order valence-corrected chi connectivity index (χ1v) is 3.53. The number of carbonyl (C=O) groups excluding carboxylic acids is 1. The number of hydrogen-bond acceptors (Lipinski definition) is 3. The number of methoxy groups -OCH3 is 1. The number of nitrogens with zero attached hydrogens (tertiary/aromatic N) is 1. The van der Waals surface area contributed by atoms with E-state index in [2.05, 4.69) is 20.3 Å². The summed E-state index contributed by atoms with van der Waals surface area (Å²) < 4.78 is 4.65. The van der Waals surface area contributed by atoms with Gasteiger partial charge in [0.2, 0.25) is 5.91 Å². The minimum Gasteiger partial charge on any atom is -0.375 e. The maximum atomic E-state index is 11.0. The van der Waals surface area contributed by atoms with Gasteiger partial charge in [-0.15, -0.1) is 0 Å². The SMILES string of the molecule is COCC(=O)Nc1cn[nH]c1C. The molecule has 0 radical (unpaired) electrons. The number of nitrogens with one attached hydrogen (secondary N) is 2. The molecule has 0 saturated carbocycles. The van der Waals surface area contributed by atoms with Crippen molar-refractivity contribution in [1.82, 2.24) is 10.2 Å². The monoisotopic (exact) mass is 169 g/mol. The second-order valence-corrected chi connectivity index (χ2v) is 2.39. The predicted octanol–water partition coefficient (Wildman–Crippen LogP) is 0.303. The second kappa shape index (κ2) is 3.87. The van der Waals surface area contributed by atoms with Crippen LogP contribution in [-0.4, -0.2) is 29.8 Å². The van der Waals surface area contributed by atoms with Gasteiger partial charge in [-0.1, -0.05) is 0 Å². The molecule has 0 aromatic carbocycles. The van der Waals surface area contributed by atoms with Gasteiger partial charge in [0.15, 0.2) is 0 Å². The lowest BCUT2D eigenvalue weighted by molar-refractivity contribution is -0.119. The van der Waals surface area contributed by atoms with E-state index in [1.54, 1.807) is 6.20 Å². The van der Waals surface area contributed by atoms with Gasteiger partial charge in [-0.3, -0.25) is 9.89 Å². The molecule has 0 aliphatic heterocycles. The Morgan fingerprint density at radius 2 is 2.58 bits per heavy atom. The van der Waals surface area contributed by atoms with Crippen molar-refractivity contribution >= 4 is 11.6 Å². The molecule has 5 nitrogen and oxygen atoms in total. The first-order valence-electron chi connectivity index (χ1n) is 3.53. The van der Waals surface area contributed by atoms with Crippen LogP contribution < -0.4 is 5.32 Å². The zero-order valence-corrected chi connectivity index (χ0v) is 7.05. The number of rotatable bonds is 3. The summed E-state index contributed by atoms with van der Waals surface area (Å²) in [5.41, 5.74) is 1.52. The van der Waals surface area contributed by atoms with Crippen molar-refractivity contribution < 1.29 is 9.53 Å². The Bertz CT molecular complexity index is 269. The number of aromatic nitrogens is 2.